The van der Waals surface area contributed by atoms with E-state index in [-0.39, 0.29) is 17.5 Å². The Morgan fingerprint density at radius 3 is 2.81 bits per heavy atom. The second kappa shape index (κ2) is 6.17. The molecule has 0 radical (unpaired) electrons. The molecule has 3 heterocycles. The average Bonchev–Trinajstić information content (AvgIpc) is 3.00. The van der Waals surface area contributed by atoms with Crippen molar-refractivity contribution in [3.8, 4) is 5.88 Å². The van der Waals surface area contributed by atoms with Crippen LogP contribution >= 0.6 is 0 Å². The summed E-state index contributed by atoms with van der Waals surface area (Å²) in [4.78, 5) is 30.5. The van der Waals surface area contributed by atoms with Crippen LogP contribution in [0.2, 0.25) is 0 Å². The van der Waals surface area contributed by atoms with Crippen molar-refractivity contribution in [1.29, 1.82) is 0 Å². The summed E-state index contributed by atoms with van der Waals surface area (Å²) in [5, 5.41) is 15.2. The third kappa shape index (κ3) is 2.39. The Labute approximate surface area is 149 Å². The normalized spacial score (nSPS) is 18.0. The minimum Gasteiger partial charge on any atom is -0.494 e. The fourth-order valence-corrected chi connectivity index (χ4v) is 3.83. The lowest BCUT2D eigenvalue weighted by Gasteiger charge is -2.26. The van der Waals surface area contributed by atoms with Crippen molar-refractivity contribution < 1.29 is 5.11 Å². The van der Waals surface area contributed by atoms with Crippen molar-refractivity contribution in [3.63, 3.8) is 0 Å². The van der Waals surface area contributed by atoms with E-state index in [4.69, 9.17) is 0 Å². The van der Waals surface area contributed by atoms with Gasteiger partial charge < -0.3 is 15.4 Å². The van der Waals surface area contributed by atoms with Crippen LogP contribution in [0.1, 0.15) is 49.2 Å². The van der Waals surface area contributed by atoms with Crippen LogP contribution in [-0.4, -0.2) is 26.2 Å². The number of hydrogen-bond acceptors (Lipinski definition) is 4. The Balaban J connectivity index is 1.96. The first-order valence-corrected chi connectivity index (χ1v) is 8.93. The number of benzene rings is 1. The van der Waals surface area contributed by atoms with Gasteiger partial charge in [0.25, 0.3) is 5.56 Å². The van der Waals surface area contributed by atoms with Crippen molar-refractivity contribution in [2.24, 2.45) is 0 Å². The molecule has 0 aliphatic carbocycles. The molecule has 7 heteroatoms. The molecule has 1 aliphatic rings. The van der Waals surface area contributed by atoms with Crippen LogP contribution in [0.5, 0.6) is 5.88 Å². The largest absolute Gasteiger partial charge is 0.494 e. The summed E-state index contributed by atoms with van der Waals surface area (Å²) in [6.45, 7) is 4.45. The number of para-hydroxylation sites is 1. The van der Waals surface area contributed by atoms with Crippen LogP contribution < -0.4 is 16.6 Å². The SMILES string of the molecule is CCC(C)n1c(O)c(C2NCCc3c2[nH]c2ccccc32)c(=O)[nH]c1=O. The number of hydrogen-bond donors (Lipinski definition) is 4. The number of H-pyrrole nitrogens is 2. The molecule has 0 saturated carbocycles. The fourth-order valence-electron chi connectivity index (χ4n) is 3.83. The highest BCUT2D eigenvalue weighted by Crippen LogP contribution is 2.35. The summed E-state index contributed by atoms with van der Waals surface area (Å²) < 4.78 is 1.26. The van der Waals surface area contributed by atoms with Crippen LogP contribution in [0.15, 0.2) is 33.9 Å². The van der Waals surface area contributed by atoms with E-state index in [0.29, 0.717) is 13.0 Å². The third-order valence-corrected chi connectivity index (χ3v) is 5.33. The summed E-state index contributed by atoms with van der Waals surface area (Å²) in [5.74, 6) is -0.267. The predicted octanol–water partition coefficient (Wildman–Crippen LogP) is 1.93. The van der Waals surface area contributed by atoms with Crippen molar-refractivity contribution in [2.75, 3.05) is 6.54 Å². The molecular weight excluding hydrogens is 332 g/mol. The topological polar surface area (TPSA) is 103 Å². The van der Waals surface area contributed by atoms with Crippen LogP contribution in [-0.2, 0) is 6.42 Å². The fraction of sp³-hybridized carbons (Fsp3) is 0.368. The number of fused-ring (bicyclic) bond motifs is 3. The van der Waals surface area contributed by atoms with Gasteiger partial charge in [-0.25, -0.2) is 4.79 Å². The first-order valence-electron chi connectivity index (χ1n) is 8.93. The molecule has 26 heavy (non-hydrogen) atoms. The number of nitrogens with zero attached hydrogens (tertiary/aromatic N) is 1. The number of aromatic hydroxyl groups is 1. The van der Waals surface area contributed by atoms with E-state index in [1.54, 1.807) is 0 Å². The zero-order chi connectivity index (χ0) is 18.4. The van der Waals surface area contributed by atoms with Gasteiger partial charge in [0.1, 0.15) is 5.56 Å². The Kier molecular flexibility index (Phi) is 3.96. The number of aromatic amines is 2. The summed E-state index contributed by atoms with van der Waals surface area (Å²) in [6, 6.07) is 7.28. The summed E-state index contributed by atoms with van der Waals surface area (Å²) >= 11 is 0. The minimum absolute atomic E-state index is 0.178. The predicted molar refractivity (Wildman–Crippen MR) is 99.8 cm³/mol. The van der Waals surface area contributed by atoms with Gasteiger partial charge in [0.2, 0.25) is 5.88 Å². The molecule has 136 valence electrons. The summed E-state index contributed by atoms with van der Waals surface area (Å²) in [6.07, 6.45) is 1.49. The van der Waals surface area contributed by atoms with E-state index in [9.17, 15) is 14.7 Å². The molecule has 1 aromatic carbocycles. The maximum absolute atomic E-state index is 12.6. The zero-order valence-corrected chi connectivity index (χ0v) is 14.8. The molecule has 0 bridgehead atoms. The van der Waals surface area contributed by atoms with Gasteiger partial charge in [0.15, 0.2) is 0 Å². The van der Waals surface area contributed by atoms with Gasteiger partial charge in [0, 0.05) is 29.2 Å². The van der Waals surface area contributed by atoms with Gasteiger partial charge in [-0.1, -0.05) is 25.1 Å². The van der Waals surface area contributed by atoms with Gasteiger partial charge in [-0.15, -0.1) is 0 Å². The molecule has 4 rings (SSSR count). The van der Waals surface area contributed by atoms with Gasteiger partial charge in [-0.2, -0.15) is 0 Å². The highest BCUT2D eigenvalue weighted by Gasteiger charge is 2.31. The number of rotatable bonds is 3. The Morgan fingerprint density at radius 2 is 2.04 bits per heavy atom. The van der Waals surface area contributed by atoms with Crippen molar-refractivity contribution in [3.05, 3.63) is 61.9 Å². The molecule has 7 nitrogen and oxygen atoms in total. The lowest BCUT2D eigenvalue weighted by molar-refractivity contribution is 0.353. The first kappa shape index (κ1) is 16.7. The van der Waals surface area contributed by atoms with Crippen molar-refractivity contribution in [1.82, 2.24) is 19.9 Å². The molecule has 0 fully saturated rings. The summed E-state index contributed by atoms with van der Waals surface area (Å²) in [7, 11) is 0. The smallest absolute Gasteiger partial charge is 0.331 e. The van der Waals surface area contributed by atoms with Crippen LogP contribution in [0.4, 0.5) is 0 Å². The highest BCUT2D eigenvalue weighted by atomic mass is 16.3. The summed E-state index contributed by atoms with van der Waals surface area (Å²) in [5.41, 5.74) is 2.04. The maximum Gasteiger partial charge on any atom is 0.331 e. The minimum atomic E-state index is -0.585. The van der Waals surface area contributed by atoms with Crippen LogP contribution in [0.25, 0.3) is 10.9 Å². The molecule has 1 aliphatic heterocycles. The Hall–Kier alpha value is -2.80. The lowest BCUT2D eigenvalue weighted by atomic mass is 9.95. The zero-order valence-electron chi connectivity index (χ0n) is 14.8. The monoisotopic (exact) mass is 354 g/mol. The van der Waals surface area contributed by atoms with E-state index in [0.717, 1.165) is 28.6 Å². The van der Waals surface area contributed by atoms with Crippen LogP contribution in [0, 0.1) is 0 Å². The van der Waals surface area contributed by atoms with E-state index < -0.39 is 17.3 Å². The van der Waals surface area contributed by atoms with E-state index in [1.165, 1.54) is 4.57 Å². The standard InChI is InChI=1S/C19H22N4O3/c1-3-10(2)23-18(25)14(17(24)22-19(23)26)16-15-12(8-9-20-16)11-6-4-5-7-13(11)21-15/h4-7,10,16,20-21,25H,3,8-9H2,1-2H3,(H,22,24,26). The van der Waals surface area contributed by atoms with Crippen molar-refractivity contribution in [2.45, 2.75) is 38.8 Å². The molecule has 0 saturated heterocycles. The molecule has 2 atom stereocenters. The second-order valence-electron chi connectivity index (χ2n) is 6.82. The Morgan fingerprint density at radius 1 is 1.27 bits per heavy atom. The molecule has 2 aromatic heterocycles. The van der Waals surface area contributed by atoms with Crippen LogP contribution in [0.3, 0.4) is 0 Å². The van der Waals surface area contributed by atoms with E-state index in [1.807, 2.05) is 32.0 Å². The third-order valence-electron chi connectivity index (χ3n) is 5.33. The number of nitrogens with one attached hydrogen (secondary N) is 3. The molecule has 3 aromatic rings. The lowest BCUT2D eigenvalue weighted by Crippen LogP contribution is -2.39. The Bertz CT molecular complexity index is 1090. The maximum atomic E-state index is 12.6. The van der Waals surface area contributed by atoms with Gasteiger partial charge >= 0.3 is 5.69 Å². The first-order chi connectivity index (χ1) is 12.5. The van der Waals surface area contributed by atoms with Gasteiger partial charge in [0.05, 0.1) is 6.04 Å². The van der Waals surface area contributed by atoms with Gasteiger partial charge in [-0.3, -0.25) is 14.3 Å². The van der Waals surface area contributed by atoms with E-state index in [2.05, 4.69) is 21.4 Å². The van der Waals surface area contributed by atoms with Gasteiger partial charge in [-0.05, 0) is 31.4 Å². The molecule has 0 spiro atoms. The second-order valence-corrected chi connectivity index (χ2v) is 6.82. The quantitative estimate of drug-likeness (QED) is 0.577. The molecule has 0 amide bonds. The van der Waals surface area contributed by atoms with E-state index >= 15 is 0 Å². The average molecular weight is 354 g/mol. The molecule has 4 N–H and O–H groups in total. The molecular formula is C19H22N4O3. The van der Waals surface area contributed by atoms with Crippen molar-refractivity contribution >= 4 is 10.9 Å². The molecule has 2 unspecified atom stereocenters. The number of aromatic nitrogens is 3. The highest BCUT2D eigenvalue weighted by molar-refractivity contribution is 5.85.